The van der Waals surface area contributed by atoms with Crippen LogP contribution in [-0.4, -0.2) is 48.6 Å². The fourth-order valence-corrected chi connectivity index (χ4v) is 3.54. The third-order valence-electron chi connectivity index (χ3n) is 5.00. The molecule has 2 heterocycles. The molecule has 0 radical (unpaired) electrons. The molecule has 1 saturated heterocycles. The Labute approximate surface area is 164 Å². The Morgan fingerprint density at radius 3 is 2.36 bits per heavy atom. The van der Waals surface area contributed by atoms with Crippen LogP contribution in [0.3, 0.4) is 0 Å². The standard InChI is InChI=1S/C22H23N5O/c28-21(17-26-13-15-27(16-14-26)22-23-11-6-12-24-22)25-20-10-5-4-9-19(20)18-7-2-1-3-8-18/h1-12H,13-17H2,(H,25,28)/p+1. The number of para-hydroxylation sites is 1. The van der Waals surface area contributed by atoms with E-state index in [-0.39, 0.29) is 5.91 Å². The molecule has 142 valence electrons. The number of hydrogen-bond donors (Lipinski definition) is 2. The Kier molecular flexibility index (Phi) is 5.58. The molecule has 1 aliphatic heterocycles. The van der Waals surface area contributed by atoms with Crippen molar-refractivity contribution < 1.29 is 9.69 Å². The predicted octanol–water partition coefficient (Wildman–Crippen LogP) is 1.49. The zero-order valence-electron chi connectivity index (χ0n) is 15.7. The lowest BCUT2D eigenvalue weighted by Gasteiger charge is -2.31. The number of anilines is 2. The van der Waals surface area contributed by atoms with E-state index < -0.39 is 0 Å². The molecule has 4 rings (SSSR count). The number of piperazine rings is 1. The first-order valence-corrected chi connectivity index (χ1v) is 9.59. The van der Waals surface area contributed by atoms with Crippen molar-refractivity contribution in [3.05, 3.63) is 73.1 Å². The van der Waals surface area contributed by atoms with Crippen LogP contribution in [0.1, 0.15) is 0 Å². The van der Waals surface area contributed by atoms with Gasteiger partial charge in [-0.2, -0.15) is 0 Å². The van der Waals surface area contributed by atoms with Crippen molar-refractivity contribution in [3.63, 3.8) is 0 Å². The quantitative estimate of drug-likeness (QED) is 0.710. The molecule has 1 aliphatic rings. The van der Waals surface area contributed by atoms with Gasteiger partial charge in [-0.05, 0) is 17.7 Å². The molecule has 3 aromatic rings. The maximum Gasteiger partial charge on any atom is 0.279 e. The molecule has 2 N–H and O–H groups in total. The molecule has 28 heavy (non-hydrogen) atoms. The van der Waals surface area contributed by atoms with Crippen LogP contribution in [0.15, 0.2) is 73.1 Å². The van der Waals surface area contributed by atoms with E-state index in [1.165, 1.54) is 4.90 Å². The lowest BCUT2D eigenvalue weighted by molar-refractivity contribution is -0.892. The third kappa shape index (κ3) is 4.35. The first-order valence-electron chi connectivity index (χ1n) is 9.59. The second kappa shape index (κ2) is 8.63. The van der Waals surface area contributed by atoms with Gasteiger partial charge in [-0.25, -0.2) is 9.97 Å². The average Bonchev–Trinajstić information content (AvgIpc) is 2.76. The summed E-state index contributed by atoms with van der Waals surface area (Å²) in [6.45, 7) is 3.96. The topological polar surface area (TPSA) is 62.6 Å². The van der Waals surface area contributed by atoms with Crippen molar-refractivity contribution in [2.75, 3.05) is 42.9 Å². The fraction of sp³-hybridized carbons (Fsp3) is 0.227. The summed E-state index contributed by atoms with van der Waals surface area (Å²) in [6.07, 6.45) is 3.53. The van der Waals surface area contributed by atoms with Crippen molar-refractivity contribution in [2.45, 2.75) is 0 Å². The van der Waals surface area contributed by atoms with E-state index in [1.54, 1.807) is 12.4 Å². The highest BCUT2D eigenvalue weighted by Gasteiger charge is 2.23. The van der Waals surface area contributed by atoms with Crippen LogP contribution < -0.4 is 15.1 Å². The van der Waals surface area contributed by atoms with Crippen LogP contribution in [0.5, 0.6) is 0 Å². The largest absolute Gasteiger partial charge is 0.330 e. The molecule has 0 aliphatic carbocycles. The number of nitrogens with zero attached hydrogens (tertiary/aromatic N) is 3. The number of rotatable bonds is 5. The van der Waals surface area contributed by atoms with Gasteiger partial charge in [0.15, 0.2) is 6.54 Å². The minimum atomic E-state index is 0.0443. The summed E-state index contributed by atoms with van der Waals surface area (Å²) in [6, 6.07) is 19.9. The Morgan fingerprint density at radius 1 is 0.929 bits per heavy atom. The van der Waals surface area contributed by atoms with Gasteiger partial charge in [-0.15, -0.1) is 0 Å². The van der Waals surface area contributed by atoms with E-state index in [1.807, 2.05) is 48.5 Å². The van der Waals surface area contributed by atoms with E-state index in [2.05, 4.69) is 32.3 Å². The van der Waals surface area contributed by atoms with E-state index in [9.17, 15) is 4.79 Å². The van der Waals surface area contributed by atoms with Gasteiger partial charge in [0.05, 0.1) is 26.2 Å². The summed E-state index contributed by atoms with van der Waals surface area (Å²) < 4.78 is 0. The second-order valence-corrected chi connectivity index (χ2v) is 6.92. The molecule has 0 unspecified atom stereocenters. The highest BCUT2D eigenvalue weighted by Crippen LogP contribution is 2.27. The lowest BCUT2D eigenvalue weighted by atomic mass is 10.0. The second-order valence-electron chi connectivity index (χ2n) is 6.92. The SMILES string of the molecule is O=C(C[NH+]1CCN(c2ncccn2)CC1)Nc1ccccc1-c1ccccc1. The number of carbonyl (C=O) groups is 1. The van der Waals surface area contributed by atoms with Crippen LogP contribution in [0, 0.1) is 0 Å². The average molecular weight is 374 g/mol. The molecule has 0 spiro atoms. The van der Waals surface area contributed by atoms with Crippen molar-refractivity contribution in [1.29, 1.82) is 0 Å². The van der Waals surface area contributed by atoms with Crippen LogP contribution in [0.2, 0.25) is 0 Å². The number of quaternary nitrogens is 1. The molecule has 6 nitrogen and oxygen atoms in total. The third-order valence-corrected chi connectivity index (χ3v) is 5.00. The number of hydrogen-bond acceptors (Lipinski definition) is 4. The minimum Gasteiger partial charge on any atom is -0.330 e. The van der Waals surface area contributed by atoms with E-state index in [0.29, 0.717) is 6.54 Å². The molecule has 0 atom stereocenters. The summed E-state index contributed by atoms with van der Waals surface area (Å²) in [4.78, 5) is 24.7. The Hall–Kier alpha value is -3.25. The van der Waals surface area contributed by atoms with Gasteiger partial charge in [0.2, 0.25) is 5.95 Å². The summed E-state index contributed by atoms with van der Waals surface area (Å²) in [5, 5.41) is 3.10. The molecule has 0 bridgehead atoms. The van der Waals surface area contributed by atoms with Gasteiger partial charge >= 0.3 is 0 Å². The summed E-state index contributed by atoms with van der Waals surface area (Å²) in [7, 11) is 0. The molecule has 2 aromatic carbocycles. The summed E-state index contributed by atoms with van der Waals surface area (Å²) >= 11 is 0. The molecule has 1 aromatic heterocycles. The van der Waals surface area contributed by atoms with Gasteiger partial charge in [0.25, 0.3) is 5.91 Å². The number of amides is 1. The van der Waals surface area contributed by atoms with Gasteiger partial charge in [0.1, 0.15) is 0 Å². The minimum absolute atomic E-state index is 0.0443. The predicted molar refractivity (Wildman–Crippen MR) is 110 cm³/mol. The lowest BCUT2D eigenvalue weighted by Crippen LogP contribution is -3.15. The highest BCUT2D eigenvalue weighted by atomic mass is 16.2. The Balaban J connectivity index is 1.35. The van der Waals surface area contributed by atoms with E-state index >= 15 is 0 Å². The van der Waals surface area contributed by atoms with Crippen LogP contribution >= 0.6 is 0 Å². The van der Waals surface area contributed by atoms with Crippen LogP contribution in [0.25, 0.3) is 11.1 Å². The number of aromatic nitrogens is 2. The van der Waals surface area contributed by atoms with Gasteiger partial charge in [-0.1, -0.05) is 48.5 Å². The molecular weight excluding hydrogens is 350 g/mol. The van der Waals surface area contributed by atoms with Gasteiger partial charge in [0, 0.05) is 23.6 Å². The fourth-order valence-electron chi connectivity index (χ4n) is 3.54. The number of carbonyl (C=O) groups excluding carboxylic acids is 1. The Bertz CT molecular complexity index is 908. The molecule has 6 heteroatoms. The van der Waals surface area contributed by atoms with Gasteiger partial charge < -0.3 is 15.1 Å². The monoisotopic (exact) mass is 374 g/mol. The molecule has 0 saturated carbocycles. The zero-order chi connectivity index (χ0) is 19.2. The van der Waals surface area contributed by atoms with E-state index in [4.69, 9.17) is 0 Å². The van der Waals surface area contributed by atoms with Crippen molar-refractivity contribution in [1.82, 2.24) is 9.97 Å². The number of nitrogens with one attached hydrogen (secondary N) is 2. The van der Waals surface area contributed by atoms with Gasteiger partial charge in [-0.3, -0.25) is 4.79 Å². The van der Waals surface area contributed by atoms with Crippen LogP contribution in [-0.2, 0) is 4.79 Å². The van der Waals surface area contributed by atoms with Crippen molar-refractivity contribution in [2.24, 2.45) is 0 Å². The maximum absolute atomic E-state index is 12.6. The smallest absolute Gasteiger partial charge is 0.279 e. The first kappa shape index (κ1) is 18.1. The summed E-state index contributed by atoms with van der Waals surface area (Å²) in [5.74, 6) is 0.811. The van der Waals surface area contributed by atoms with Crippen molar-refractivity contribution in [3.8, 4) is 11.1 Å². The maximum atomic E-state index is 12.6. The molecule has 1 fully saturated rings. The Morgan fingerprint density at radius 2 is 1.61 bits per heavy atom. The van der Waals surface area contributed by atoms with Crippen LogP contribution in [0.4, 0.5) is 11.6 Å². The van der Waals surface area contributed by atoms with Crippen molar-refractivity contribution >= 4 is 17.5 Å². The number of benzene rings is 2. The van der Waals surface area contributed by atoms with E-state index in [0.717, 1.165) is 48.9 Å². The summed E-state index contributed by atoms with van der Waals surface area (Å²) in [5.41, 5.74) is 2.99. The zero-order valence-corrected chi connectivity index (χ0v) is 15.7. The highest BCUT2D eigenvalue weighted by molar-refractivity contribution is 5.96. The molecular formula is C22H24N5O+. The normalized spacial score (nSPS) is 14.6. The first-order chi connectivity index (χ1) is 13.8. The molecule has 1 amide bonds.